The summed E-state index contributed by atoms with van der Waals surface area (Å²) < 4.78 is 0. The van der Waals surface area contributed by atoms with Gasteiger partial charge >= 0.3 is 5.97 Å². The van der Waals surface area contributed by atoms with Gasteiger partial charge in [0.1, 0.15) is 0 Å². The minimum Gasteiger partial charge on any atom is -0.478 e. The number of carboxylic acids is 1. The van der Waals surface area contributed by atoms with Gasteiger partial charge in [-0.25, -0.2) is 4.79 Å². The van der Waals surface area contributed by atoms with Crippen LogP contribution < -0.4 is 4.90 Å². The summed E-state index contributed by atoms with van der Waals surface area (Å²) in [5.74, 6) is -0.833. The van der Waals surface area contributed by atoms with Crippen molar-refractivity contribution in [2.24, 2.45) is 0 Å². The highest BCUT2D eigenvalue weighted by Gasteiger charge is 2.23. The van der Waals surface area contributed by atoms with Gasteiger partial charge in [0, 0.05) is 24.8 Å². The van der Waals surface area contributed by atoms with Crippen LogP contribution in [0.1, 0.15) is 41.6 Å². The molecule has 1 saturated heterocycles. The van der Waals surface area contributed by atoms with E-state index < -0.39 is 5.97 Å². The van der Waals surface area contributed by atoms with Crippen molar-refractivity contribution >= 4 is 11.7 Å². The van der Waals surface area contributed by atoms with Crippen LogP contribution in [0.4, 0.5) is 5.69 Å². The molecule has 1 N–H and O–H groups in total. The number of nitrogens with zero attached hydrogens (tertiary/aromatic N) is 2. The molecule has 4 heteroatoms. The van der Waals surface area contributed by atoms with Gasteiger partial charge in [-0.05, 0) is 63.0 Å². The average molecular weight is 288 g/mol. The molecule has 0 saturated carbocycles. The van der Waals surface area contributed by atoms with Crippen molar-refractivity contribution in [1.29, 1.82) is 0 Å². The number of anilines is 1. The highest BCUT2D eigenvalue weighted by atomic mass is 16.4. The maximum Gasteiger partial charge on any atom is 0.335 e. The average Bonchev–Trinajstić information content (AvgIpc) is 2.88. The van der Waals surface area contributed by atoms with Crippen LogP contribution in [0.3, 0.4) is 0 Å². The molecule has 2 aliphatic heterocycles. The Morgan fingerprint density at radius 1 is 1.33 bits per heavy atom. The molecular formula is C17H24N2O2. The van der Waals surface area contributed by atoms with Gasteiger partial charge in [0.2, 0.25) is 0 Å². The van der Waals surface area contributed by atoms with Gasteiger partial charge in [0.15, 0.2) is 0 Å². The van der Waals surface area contributed by atoms with Crippen LogP contribution in [-0.4, -0.2) is 48.7 Å². The lowest BCUT2D eigenvalue weighted by Crippen LogP contribution is -2.38. The molecule has 1 aromatic carbocycles. The van der Waals surface area contributed by atoms with E-state index in [1.165, 1.54) is 43.5 Å². The summed E-state index contributed by atoms with van der Waals surface area (Å²) in [7, 11) is 2.24. The van der Waals surface area contributed by atoms with E-state index in [0.29, 0.717) is 11.6 Å². The molecular weight excluding hydrogens is 264 g/mol. The molecule has 0 spiro atoms. The summed E-state index contributed by atoms with van der Waals surface area (Å²) in [6.07, 6.45) is 6.17. The lowest BCUT2D eigenvalue weighted by molar-refractivity contribution is 0.0697. The standard InChI is InChI=1S/C17H24N2O2/c1-18-9-3-2-4-15(18)8-11-19-10-7-13-12-14(17(20)21)5-6-16(13)19/h5-6,12,15H,2-4,7-11H2,1H3,(H,20,21). The van der Waals surface area contributed by atoms with Crippen molar-refractivity contribution in [2.45, 2.75) is 38.1 Å². The fourth-order valence-electron chi connectivity index (χ4n) is 3.65. The molecule has 0 bridgehead atoms. The lowest BCUT2D eigenvalue weighted by atomic mass is 10.00. The SMILES string of the molecule is CN1CCCCC1CCN1CCc2cc(C(=O)O)ccc21. The number of benzene rings is 1. The Hall–Kier alpha value is -1.55. The fraction of sp³-hybridized carbons (Fsp3) is 0.588. The van der Waals surface area contributed by atoms with Gasteiger partial charge in [-0.3, -0.25) is 0 Å². The predicted molar refractivity (Wildman–Crippen MR) is 84.2 cm³/mol. The molecule has 1 atom stereocenters. The van der Waals surface area contributed by atoms with E-state index in [4.69, 9.17) is 5.11 Å². The minimum atomic E-state index is -0.833. The largest absolute Gasteiger partial charge is 0.478 e. The van der Waals surface area contributed by atoms with Gasteiger partial charge in [-0.1, -0.05) is 6.42 Å². The second kappa shape index (κ2) is 6.06. The molecule has 3 rings (SSSR count). The molecule has 0 aromatic heterocycles. The molecule has 2 aliphatic rings. The number of rotatable bonds is 4. The topological polar surface area (TPSA) is 43.8 Å². The van der Waals surface area contributed by atoms with Gasteiger partial charge in [-0.15, -0.1) is 0 Å². The molecule has 2 heterocycles. The summed E-state index contributed by atoms with van der Waals surface area (Å²) in [4.78, 5) is 15.9. The van der Waals surface area contributed by atoms with E-state index in [1.54, 1.807) is 6.07 Å². The Bertz CT molecular complexity index is 530. The van der Waals surface area contributed by atoms with Crippen molar-refractivity contribution in [3.8, 4) is 0 Å². The third-order valence-electron chi connectivity index (χ3n) is 4.97. The second-order valence-corrected chi connectivity index (χ2v) is 6.30. The lowest BCUT2D eigenvalue weighted by Gasteiger charge is -2.34. The number of piperidine rings is 1. The Balaban J connectivity index is 1.63. The number of hydrogen-bond acceptors (Lipinski definition) is 3. The molecule has 1 aromatic rings. The molecule has 21 heavy (non-hydrogen) atoms. The summed E-state index contributed by atoms with van der Waals surface area (Å²) in [5.41, 5.74) is 2.83. The fourth-order valence-corrected chi connectivity index (χ4v) is 3.65. The summed E-state index contributed by atoms with van der Waals surface area (Å²) in [6.45, 7) is 3.33. The van der Waals surface area contributed by atoms with E-state index in [9.17, 15) is 4.79 Å². The Labute approximate surface area is 126 Å². The highest BCUT2D eigenvalue weighted by molar-refractivity contribution is 5.88. The first kappa shape index (κ1) is 14.4. The number of fused-ring (bicyclic) bond motifs is 1. The van der Waals surface area contributed by atoms with Gasteiger partial charge in [0.05, 0.1) is 5.56 Å². The van der Waals surface area contributed by atoms with E-state index >= 15 is 0 Å². The number of carbonyl (C=O) groups is 1. The number of likely N-dealkylation sites (tertiary alicyclic amines) is 1. The van der Waals surface area contributed by atoms with Crippen molar-refractivity contribution in [3.05, 3.63) is 29.3 Å². The van der Waals surface area contributed by atoms with Crippen molar-refractivity contribution in [2.75, 3.05) is 31.6 Å². The zero-order valence-corrected chi connectivity index (χ0v) is 12.7. The molecule has 0 aliphatic carbocycles. The summed E-state index contributed by atoms with van der Waals surface area (Å²) >= 11 is 0. The quantitative estimate of drug-likeness (QED) is 0.925. The van der Waals surface area contributed by atoms with Crippen LogP contribution in [0.5, 0.6) is 0 Å². The second-order valence-electron chi connectivity index (χ2n) is 6.30. The van der Waals surface area contributed by atoms with E-state index in [1.807, 2.05) is 12.1 Å². The third-order valence-corrected chi connectivity index (χ3v) is 4.97. The predicted octanol–water partition coefficient (Wildman–Crippen LogP) is 2.62. The summed E-state index contributed by atoms with van der Waals surface area (Å²) in [6, 6.07) is 6.26. The van der Waals surface area contributed by atoms with Crippen LogP contribution in [0.25, 0.3) is 0 Å². The molecule has 1 fully saturated rings. The summed E-state index contributed by atoms with van der Waals surface area (Å²) in [5, 5.41) is 9.07. The zero-order valence-electron chi connectivity index (χ0n) is 12.7. The highest BCUT2D eigenvalue weighted by Crippen LogP contribution is 2.30. The maximum atomic E-state index is 11.0. The van der Waals surface area contributed by atoms with Crippen molar-refractivity contribution < 1.29 is 9.90 Å². The van der Waals surface area contributed by atoms with Crippen LogP contribution in [0.15, 0.2) is 18.2 Å². The van der Waals surface area contributed by atoms with Crippen molar-refractivity contribution in [3.63, 3.8) is 0 Å². The maximum absolute atomic E-state index is 11.0. The molecule has 0 amide bonds. The Morgan fingerprint density at radius 3 is 2.95 bits per heavy atom. The van der Waals surface area contributed by atoms with Gasteiger partial charge in [-0.2, -0.15) is 0 Å². The van der Waals surface area contributed by atoms with Crippen molar-refractivity contribution in [1.82, 2.24) is 4.90 Å². The van der Waals surface area contributed by atoms with E-state index in [-0.39, 0.29) is 0 Å². The minimum absolute atomic E-state index is 0.405. The Kier molecular flexibility index (Phi) is 4.15. The number of hydrogen-bond donors (Lipinski definition) is 1. The Morgan fingerprint density at radius 2 is 2.19 bits per heavy atom. The number of carboxylic acid groups (broad SMARTS) is 1. The van der Waals surface area contributed by atoms with Crippen LogP contribution in [0.2, 0.25) is 0 Å². The first-order chi connectivity index (χ1) is 10.1. The van der Waals surface area contributed by atoms with Gasteiger partial charge in [0.25, 0.3) is 0 Å². The van der Waals surface area contributed by atoms with Crippen LogP contribution >= 0.6 is 0 Å². The number of aromatic carboxylic acids is 1. The van der Waals surface area contributed by atoms with E-state index in [0.717, 1.165) is 19.5 Å². The van der Waals surface area contributed by atoms with E-state index in [2.05, 4.69) is 16.8 Å². The molecule has 114 valence electrons. The zero-order chi connectivity index (χ0) is 14.8. The molecule has 1 unspecified atom stereocenters. The third kappa shape index (κ3) is 3.05. The molecule has 0 radical (unpaired) electrons. The normalized spacial score (nSPS) is 22.3. The molecule has 4 nitrogen and oxygen atoms in total. The first-order valence-electron chi connectivity index (χ1n) is 7.96. The first-order valence-corrected chi connectivity index (χ1v) is 7.96. The van der Waals surface area contributed by atoms with Crippen LogP contribution in [-0.2, 0) is 6.42 Å². The van der Waals surface area contributed by atoms with Crippen LogP contribution in [0, 0.1) is 0 Å². The van der Waals surface area contributed by atoms with Gasteiger partial charge < -0.3 is 14.9 Å². The monoisotopic (exact) mass is 288 g/mol. The smallest absolute Gasteiger partial charge is 0.335 e.